The number of aliphatic hydroxyl groups excluding tert-OH is 1. The van der Waals surface area contributed by atoms with Crippen molar-refractivity contribution >= 4 is 0 Å². The Hall–Kier alpha value is -0.160. The third kappa shape index (κ3) is 3.44. The molecule has 2 aliphatic rings. The van der Waals surface area contributed by atoms with Gasteiger partial charge in [0.1, 0.15) is 0 Å². The standard InChI is InChI=1S/C14H29N3O/c1-11-7-17(8-12(2)16(11)4)9-14(3,10-18)15-13-5-6-13/h11-13,15,18H,5-10H2,1-4H3. The maximum atomic E-state index is 9.68. The number of hydrogen-bond donors (Lipinski definition) is 2. The highest BCUT2D eigenvalue weighted by molar-refractivity contribution is 4.96. The van der Waals surface area contributed by atoms with E-state index in [2.05, 4.69) is 42.9 Å². The van der Waals surface area contributed by atoms with E-state index < -0.39 is 0 Å². The van der Waals surface area contributed by atoms with E-state index in [4.69, 9.17) is 0 Å². The summed E-state index contributed by atoms with van der Waals surface area (Å²) in [6, 6.07) is 1.83. The molecule has 4 nitrogen and oxygen atoms in total. The molecule has 0 radical (unpaired) electrons. The van der Waals surface area contributed by atoms with Crippen LogP contribution >= 0.6 is 0 Å². The van der Waals surface area contributed by atoms with Crippen molar-refractivity contribution in [3.63, 3.8) is 0 Å². The maximum Gasteiger partial charge on any atom is 0.0623 e. The van der Waals surface area contributed by atoms with E-state index in [1.165, 1.54) is 12.8 Å². The van der Waals surface area contributed by atoms with E-state index in [1.807, 2.05) is 0 Å². The van der Waals surface area contributed by atoms with Crippen LogP contribution in [0.3, 0.4) is 0 Å². The fourth-order valence-corrected chi connectivity index (χ4v) is 3.00. The Kier molecular flexibility index (Phi) is 4.32. The quantitative estimate of drug-likeness (QED) is 0.751. The van der Waals surface area contributed by atoms with Crippen molar-refractivity contribution in [2.75, 3.05) is 33.3 Å². The van der Waals surface area contributed by atoms with E-state index in [1.54, 1.807) is 0 Å². The van der Waals surface area contributed by atoms with Crippen LogP contribution in [0.15, 0.2) is 0 Å². The van der Waals surface area contributed by atoms with Crippen LogP contribution in [0, 0.1) is 0 Å². The first-order chi connectivity index (χ1) is 8.43. The average Bonchev–Trinajstić information content (AvgIpc) is 3.09. The van der Waals surface area contributed by atoms with Gasteiger partial charge in [0, 0.05) is 37.8 Å². The smallest absolute Gasteiger partial charge is 0.0623 e. The predicted octanol–water partition coefficient (Wildman–Crippen LogP) is 0.514. The first kappa shape index (κ1) is 14.3. The largest absolute Gasteiger partial charge is 0.394 e. The van der Waals surface area contributed by atoms with Gasteiger partial charge in [-0.25, -0.2) is 0 Å². The highest BCUT2D eigenvalue weighted by Gasteiger charge is 2.35. The lowest BCUT2D eigenvalue weighted by Crippen LogP contribution is -2.61. The molecular weight excluding hydrogens is 226 g/mol. The Labute approximate surface area is 111 Å². The van der Waals surface area contributed by atoms with Crippen molar-refractivity contribution in [3.8, 4) is 0 Å². The third-order valence-electron chi connectivity index (χ3n) is 4.49. The van der Waals surface area contributed by atoms with Crippen LogP contribution in [-0.2, 0) is 0 Å². The number of likely N-dealkylation sites (N-methyl/N-ethyl adjacent to an activating group) is 1. The van der Waals surface area contributed by atoms with Gasteiger partial charge in [-0.05, 0) is 40.7 Å². The first-order valence-electron chi connectivity index (χ1n) is 7.26. The van der Waals surface area contributed by atoms with E-state index >= 15 is 0 Å². The normalized spacial score (nSPS) is 34.5. The summed E-state index contributed by atoms with van der Waals surface area (Å²) in [5.41, 5.74) is -0.142. The molecule has 0 bridgehead atoms. The van der Waals surface area contributed by atoms with Gasteiger partial charge in [0.2, 0.25) is 0 Å². The van der Waals surface area contributed by atoms with E-state index in [-0.39, 0.29) is 12.1 Å². The molecular formula is C14H29N3O. The topological polar surface area (TPSA) is 38.7 Å². The van der Waals surface area contributed by atoms with Crippen LogP contribution in [0.25, 0.3) is 0 Å². The second-order valence-electron chi connectivity index (χ2n) is 6.69. The van der Waals surface area contributed by atoms with Gasteiger partial charge in [-0.15, -0.1) is 0 Å². The minimum atomic E-state index is -0.142. The molecule has 1 saturated heterocycles. The summed E-state index contributed by atoms with van der Waals surface area (Å²) in [5.74, 6) is 0. The molecule has 1 saturated carbocycles. The number of aliphatic hydroxyl groups is 1. The van der Waals surface area contributed by atoms with Crippen molar-refractivity contribution in [2.45, 2.75) is 57.3 Å². The van der Waals surface area contributed by atoms with Gasteiger partial charge >= 0.3 is 0 Å². The number of piperazine rings is 1. The molecule has 2 fully saturated rings. The van der Waals surface area contributed by atoms with Gasteiger partial charge in [-0.2, -0.15) is 0 Å². The summed E-state index contributed by atoms with van der Waals surface area (Å²) >= 11 is 0. The molecule has 18 heavy (non-hydrogen) atoms. The maximum absolute atomic E-state index is 9.68. The zero-order valence-electron chi connectivity index (χ0n) is 12.3. The van der Waals surface area contributed by atoms with Crippen molar-refractivity contribution in [1.82, 2.24) is 15.1 Å². The molecule has 1 aliphatic carbocycles. The van der Waals surface area contributed by atoms with Crippen molar-refractivity contribution in [3.05, 3.63) is 0 Å². The van der Waals surface area contributed by atoms with Gasteiger partial charge in [-0.3, -0.25) is 9.80 Å². The molecule has 0 aromatic rings. The molecule has 4 heteroatoms. The lowest BCUT2D eigenvalue weighted by atomic mass is 10.00. The molecule has 0 aromatic heterocycles. The van der Waals surface area contributed by atoms with Crippen LogP contribution in [0.5, 0.6) is 0 Å². The van der Waals surface area contributed by atoms with Crippen LogP contribution in [0.1, 0.15) is 33.6 Å². The van der Waals surface area contributed by atoms with Gasteiger partial charge in [0.05, 0.1) is 12.1 Å². The van der Waals surface area contributed by atoms with E-state index in [0.717, 1.165) is 19.6 Å². The van der Waals surface area contributed by atoms with Crippen molar-refractivity contribution in [1.29, 1.82) is 0 Å². The zero-order valence-corrected chi connectivity index (χ0v) is 12.3. The van der Waals surface area contributed by atoms with E-state index in [9.17, 15) is 5.11 Å². The molecule has 0 amide bonds. The molecule has 106 valence electrons. The summed E-state index contributed by atoms with van der Waals surface area (Å²) in [7, 11) is 2.21. The SMILES string of the molecule is CC1CN(CC(C)(CO)NC2CC2)CC(C)N1C. The fraction of sp³-hybridized carbons (Fsp3) is 1.00. The summed E-state index contributed by atoms with van der Waals surface area (Å²) < 4.78 is 0. The second kappa shape index (κ2) is 5.45. The summed E-state index contributed by atoms with van der Waals surface area (Å²) in [6.45, 7) is 10.1. The van der Waals surface area contributed by atoms with Crippen LogP contribution in [0.2, 0.25) is 0 Å². The second-order valence-corrected chi connectivity index (χ2v) is 6.69. The average molecular weight is 255 g/mol. The van der Waals surface area contributed by atoms with Crippen molar-refractivity contribution in [2.24, 2.45) is 0 Å². The molecule has 2 rings (SSSR count). The number of nitrogens with zero attached hydrogens (tertiary/aromatic N) is 2. The highest BCUT2D eigenvalue weighted by Crippen LogP contribution is 2.24. The molecule has 1 aliphatic heterocycles. The summed E-state index contributed by atoms with van der Waals surface area (Å²) in [4.78, 5) is 4.95. The van der Waals surface area contributed by atoms with E-state index in [0.29, 0.717) is 18.1 Å². The Morgan fingerprint density at radius 3 is 2.22 bits per heavy atom. The van der Waals surface area contributed by atoms with Gasteiger partial charge < -0.3 is 10.4 Å². The lowest BCUT2D eigenvalue weighted by Gasteiger charge is -2.45. The van der Waals surface area contributed by atoms with Crippen LogP contribution in [0.4, 0.5) is 0 Å². The Morgan fingerprint density at radius 2 is 1.78 bits per heavy atom. The lowest BCUT2D eigenvalue weighted by molar-refractivity contribution is 0.0316. The molecule has 2 N–H and O–H groups in total. The monoisotopic (exact) mass is 255 g/mol. The molecule has 1 heterocycles. The highest BCUT2D eigenvalue weighted by atomic mass is 16.3. The van der Waals surface area contributed by atoms with Crippen molar-refractivity contribution < 1.29 is 5.11 Å². The Morgan fingerprint density at radius 1 is 1.22 bits per heavy atom. The molecule has 3 unspecified atom stereocenters. The zero-order chi connectivity index (χ0) is 13.3. The first-order valence-corrected chi connectivity index (χ1v) is 7.26. The third-order valence-corrected chi connectivity index (χ3v) is 4.49. The minimum Gasteiger partial charge on any atom is -0.394 e. The summed E-state index contributed by atoms with van der Waals surface area (Å²) in [5, 5.41) is 13.3. The fourth-order valence-electron chi connectivity index (χ4n) is 3.00. The number of rotatable bonds is 5. The number of nitrogens with one attached hydrogen (secondary N) is 1. The molecule has 0 aromatic carbocycles. The minimum absolute atomic E-state index is 0.142. The van der Waals surface area contributed by atoms with Crippen LogP contribution in [-0.4, -0.2) is 71.9 Å². The van der Waals surface area contributed by atoms with Gasteiger partial charge in [0.25, 0.3) is 0 Å². The Balaban J connectivity index is 1.90. The number of hydrogen-bond acceptors (Lipinski definition) is 4. The Bertz CT molecular complexity index is 270. The molecule has 3 atom stereocenters. The van der Waals surface area contributed by atoms with Crippen LogP contribution < -0.4 is 5.32 Å². The van der Waals surface area contributed by atoms with Gasteiger partial charge in [-0.1, -0.05) is 0 Å². The predicted molar refractivity (Wildman–Crippen MR) is 74.8 cm³/mol. The summed E-state index contributed by atoms with van der Waals surface area (Å²) in [6.07, 6.45) is 2.54. The molecule has 0 spiro atoms. The van der Waals surface area contributed by atoms with Gasteiger partial charge in [0.15, 0.2) is 0 Å².